The molecule has 0 unspecified atom stereocenters. The smallest absolute Gasteiger partial charge is 0.123 e. The molecule has 0 saturated carbocycles. The van der Waals surface area contributed by atoms with Crippen molar-refractivity contribution in [1.82, 2.24) is 0 Å². The second-order valence-corrected chi connectivity index (χ2v) is 4.98. The molecular formula is C15H14BrFO2. The first kappa shape index (κ1) is 13.9. The second-order valence-electron chi connectivity index (χ2n) is 4.06. The van der Waals surface area contributed by atoms with Crippen molar-refractivity contribution >= 4 is 15.9 Å². The summed E-state index contributed by atoms with van der Waals surface area (Å²) in [5.41, 5.74) is 0.780. The van der Waals surface area contributed by atoms with Gasteiger partial charge in [-0.05, 0) is 48.9 Å². The van der Waals surface area contributed by atoms with E-state index in [1.54, 1.807) is 6.07 Å². The van der Waals surface area contributed by atoms with Gasteiger partial charge in [0, 0.05) is 4.47 Å². The van der Waals surface area contributed by atoms with Crippen LogP contribution in [0.4, 0.5) is 4.39 Å². The minimum absolute atomic E-state index is 0.254. The van der Waals surface area contributed by atoms with Gasteiger partial charge in [-0.3, -0.25) is 0 Å². The van der Waals surface area contributed by atoms with Crippen LogP contribution < -0.4 is 9.47 Å². The first-order valence-electron chi connectivity index (χ1n) is 5.92. The lowest BCUT2D eigenvalue weighted by Crippen LogP contribution is -2.09. The van der Waals surface area contributed by atoms with Crippen molar-refractivity contribution in [2.75, 3.05) is 13.2 Å². The zero-order valence-electron chi connectivity index (χ0n) is 10.5. The van der Waals surface area contributed by atoms with Crippen molar-refractivity contribution < 1.29 is 13.9 Å². The molecule has 4 heteroatoms. The van der Waals surface area contributed by atoms with Gasteiger partial charge in [-0.1, -0.05) is 22.0 Å². The molecule has 0 atom stereocenters. The molecule has 0 aliphatic rings. The maximum absolute atomic E-state index is 12.9. The van der Waals surface area contributed by atoms with Gasteiger partial charge < -0.3 is 9.47 Å². The highest BCUT2D eigenvalue weighted by atomic mass is 79.9. The zero-order valence-corrected chi connectivity index (χ0v) is 12.1. The third-order valence-corrected chi connectivity index (χ3v) is 3.04. The van der Waals surface area contributed by atoms with Crippen LogP contribution in [-0.4, -0.2) is 13.2 Å². The number of rotatable bonds is 5. The van der Waals surface area contributed by atoms with E-state index in [1.165, 1.54) is 12.1 Å². The summed E-state index contributed by atoms with van der Waals surface area (Å²) in [6.07, 6.45) is 0. The quantitative estimate of drug-likeness (QED) is 0.761. The predicted molar refractivity (Wildman–Crippen MR) is 76.3 cm³/mol. The average molecular weight is 325 g/mol. The van der Waals surface area contributed by atoms with Crippen LogP contribution in [0.3, 0.4) is 0 Å². The Labute approximate surface area is 120 Å². The summed E-state index contributed by atoms with van der Waals surface area (Å²) in [7, 11) is 0. The molecule has 0 radical (unpaired) electrons. The van der Waals surface area contributed by atoms with Gasteiger partial charge in [0.15, 0.2) is 0 Å². The van der Waals surface area contributed by atoms with E-state index in [0.717, 1.165) is 15.8 Å². The minimum Gasteiger partial charge on any atom is -0.490 e. The van der Waals surface area contributed by atoms with E-state index in [1.807, 2.05) is 31.2 Å². The van der Waals surface area contributed by atoms with Gasteiger partial charge in [0.1, 0.15) is 30.5 Å². The van der Waals surface area contributed by atoms with Gasteiger partial charge in [-0.2, -0.15) is 0 Å². The molecule has 2 rings (SSSR count). The first-order valence-corrected chi connectivity index (χ1v) is 6.72. The van der Waals surface area contributed by atoms with Crippen molar-refractivity contribution in [3.63, 3.8) is 0 Å². The Morgan fingerprint density at radius 3 is 2.58 bits per heavy atom. The zero-order chi connectivity index (χ0) is 13.7. The van der Waals surface area contributed by atoms with E-state index in [2.05, 4.69) is 15.9 Å². The van der Waals surface area contributed by atoms with Gasteiger partial charge >= 0.3 is 0 Å². The normalized spacial score (nSPS) is 10.3. The van der Waals surface area contributed by atoms with Gasteiger partial charge in [-0.25, -0.2) is 4.39 Å². The molecule has 0 aliphatic heterocycles. The second kappa shape index (κ2) is 6.57. The van der Waals surface area contributed by atoms with Crippen LogP contribution in [0.15, 0.2) is 46.9 Å². The van der Waals surface area contributed by atoms with Crippen LogP contribution in [0, 0.1) is 12.7 Å². The Balaban J connectivity index is 1.81. The third kappa shape index (κ3) is 4.24. The van der Waals surface area contributed by atoms with Crippen molar-refractivity contribution in [2.24, 2.45) is 0 Å². The molecule has 0 aromatic heterocycles. The maximum atomic E-state index is 12.9. The number of aryl methyl sites for hydroxylation is 1. The molecule has 19 heavy (non-hydrogen) atoms. The summed E-state index contributed by atoms with van der Waals surface area (Å²) in [6.45, 7) is 2.67. The average Bonchev–Trinajstić information content (AvgIpc) is 2.37. The topological polar surface area (TPSA) is 18.5 Å². The minimum atomic E-state index is -0.254. The summed E-state index contributed by atoms with van der Waals surface area (Å²) in [5.74, 6) is 1.21. The molecule has 0 N–H and O–H groups in total. The molecule has 0 amide bonds. The summed E-state index contributed by atoms with van der Waals surface area (Å²) in [4.78, 5) is 0. The van der Waals surface area contributed by atoms with Crippen LogP contribution >= 0.6 is 15.9 Å². The molecule has 0 fully saturated rings. The van der Waals surface area contributed by atoms with Crippen molar-refractivity contribution in [2.45, 2.75) is 6.92 Å². The number of hydrogen-bond acceptors (Lipinski definition) is 2. The Morgan fingerprint density at radius 2 is 1.84 bits per heavy atom. The summed E-state index contributed by atoms with van der Waals surface area (Å²) < 4.78 is 25.0. The number of hydrogen-bond donors (Lipinski definition) is 0. The largest absolute Gasteiger partial charge is 0.490 e. The Kier molecular flexibility index (Phi) is 4.80. The molecule has 100 valence electrons. The van der Waals surface area contributed by atoms with Crippen LogP contribution in [0.5, 0.6) is 11.5 Å². The standard InChI is InChI=1S/C15H14BrFO2/c1-11-9-13(17)5-6-15(11)19-8-7-18-14-4-2-3-12(16)10-14/h2-6,9-10H,7-8H2,1H3. The SMILES string of the molecule is Cc1cc(F)ccc1OCCOc1cccc(Br)c1. The lowest BCUT2D eigenvalue weighted by molar-refractivity contribution is 0.216. The van der Waals surface area contributed by atoms with Gasteiger partial charge in [0.05, 0.1) is 0 Å². The Bertz CT molecular complexity index is 558. The molecule has 2 nitrogen and oxygen atoms in total. The van der Waals surface area contributed by atoms with E-state index in [-0.39, 0.29) is 5.82 Å². The lowest BCUT2D eigenvalue weighted by Gasteiger charge is -2.10. The molecule has 0 aliphatic carbocycles. The van der Waals surface area contributed by atoms with Crippen LogP contribution in [-0.2, 0) is 0 Å². The molecule has 2 aromatic carbocycles. The molecule has 0 saturated heterocycles. The molecule has 0 heterocycles. The fraction of sp³-hybridized carbons (Fsp3) is 0.200. The molecule has 0 bridgehead atoms. The van der Waals surface area contributed by atoms with Gasteiger partial charge in [0.25, 0.3) is 0 Å². The molecule has 0 spiro atoms. The van der Waals surface area contributed by atoms with E-state index in [4.69, 9.17) is 9.47 Å². The van der Waals surface area contributed by atoms with E-state index in [9.17, 15) is 4.39 Å². The summed E-state index contributed by atoms with van der Waals surface area (Å²) in [5, 5.41) is 0. The fourth-order valence-corrected chi connectivity index (χ4v) is 2.02. The summed E-state index contributed by atoms with van der Waals surface area (Å²) >= 11 is 3.38. The highest BCUT2D eigenvalue weighted by Gasteiger charge is 2.01. The molecular weight excluding hydrogens is 311 g/mol. The first-order chi connectivity index (χ1) is 9.15. The maximum Gasteiger partial charge on any atom is 0.123 e. The van der Waals surface area contributed by atoms with E-state index in [0.29, 0.717) is 19.0 Å². The van der Waals surface area contributed by atoms with Crippen molar-refractivity contribution in [3.05, 3.63) is 58.3 Å². The Morgan fingerprint density at radius 1 is 1.05 bits per heavy atom. The third-order valence-electron chi connectivity index (χ3n) is 2.54. The molecule has 2 aromatic rings. The Hall–Kier alpha value is -1.55. The fourth-order valence-electron chi connectivity index (χ4n) is 1.64. The lowest BCUT2D eigenvalue weighted by atomic mass is 10.2. The number of benzene rings is 2. The van der Waals surface area contributed by atoms with E-state index >= 15 is 0 Å². The van der Waals surface area contributed by atoms with E-state index < -0.39 is 0 Å². The predicted octanol–water partition coefficient (Wildman–Crippen LogP) is 4.35. The highest BCUT2D eigenvalue weighted by Crippen LogP contribution is 2.19. The van der Waals surface area contributed by atoms with Crippen LogP contribution in [0.1, 0.15) is 5.56 Å². The van der Waals surface area contributed by atoms with Gasteiger partial charge in [0.2, 0.25) is 0 Å². The van der Waals surface area contributed by atoms with Crippen molar-refractivity contribution in [3.8, 4) is 11.5 Å². The monoisotopic (exact) mass is 324 g/mol. The van der Waals surface area contributed by atoms with Crippen molar-refractivity contribution in [1.29, 1.82) is 0 Å². The number of halogens is 2. The van der Waals surface area contributed by atoms with Gasteiger partial charge in [-0.15, -0.1) is 0 Å². The highest BCUT2D eigenvalue weighted by molar-refractivity contribution is 9.10. The van der Waals surface area contributed by atoms with Crippen LogP contribution in [0.25, 0.3) is 0 Å². The summed E-state index contributed by atoms with van der Waals surface area (Å²) in [6, 6.07) is 12.1. The van der Waals surface area contributed by atoms with Crippen LogP contribution in [0.2, 0.25) is 0 Å². The number of ether oxygens (including phenoxy) is 2.